The fraction of sp³-hybridized carbons (Fsp3) is 0.176. The molecule has 0 aliphatic rings. The molecule has 21 heavy (non-hydrogen) atoms. The molecule has 0 aliphatic heterocycles. The maximum atomic E-state index is 13.7. The van der Waals surface area contributed by atoms with Gasteiger partial charge in [-0.25, -0.2) is 4.39 Å². The van der Waals surface area contributed by atoms with E-state index in [4.69, 9.17) is 21.4 Å². The van der Waals surface area contributed by atoms with E-state index in [1.807, 2.05) is 13.0 Å². The molecular formula is C17H14ClFO2. The van der Waals surface area contributed by atoms with Crippen LogP contribution in [0.15, 0.2) is 36.4 Å². The minimum atomic E-state index is -0.384. The summed E-state index contributed by atoms with van der Waals surface area (Å²) in [5, 5.41) is 9.01. The highest BCUT2D eigenvalue weighted by molar-refractivity contribution is 6.31. The first-order chi connectivity index (χ1) is 10.1. The van der Waals surface area contributed by atoms with Gasteiger partial charge >= 0.3 is 0 Å². The second kappa shape index (κ2) is 7.12. The fourth-order valence-electron chi connectivity index (χ4n) is 1.85. The Bertz CT molecular complexity index is 681. The molecule has 0 fully saturated rings. The minimum Gasteiger partial charge on any atom is -0.488 e. The van der Waals surface area contributed by atoms with Crippen LogP contribution in [0.2, 0.25) is 5.02 Å². The third-order valence-electron chi connectivity index (χ3n) is 2.92. The van der Waals surface area contributed by atoms with Gasteiger partial charge in [0, 0.05) is 11.1 Å². The first-order valence-electron chi connectivity index (χ1n) is 6.38. The molecule has 1 N–H and O–H groups in total. The fourth-order valence-corrected chi connectivity index (χ4v) is 2.07. The zero-order valence-corrected chi connectivity index (χ0v) is 12.2. The maximum absolute atomic E-state index is 13.7. The summed E-state index contributed by atoms with van der Waals surface area (Å²) in [6.45, 7) is 1.76. The zero-order chi connectivity index (χ0) is 15.2. The highest BCUT2D eigenvalue weighted by Crippen LogP contribution is 2.24. The van der Waals surface area contributed by atoms with E-state index in [0.717, 1.165) is 11.1 Å². The van der Waals surface area contributed by atoms with Crippen LogP contribution in [0.5, 0.6) is 5.75 Å². The Morgan fingerprint density at radius 1 is 1.29 bits per heavy atom. The molecule has 0 bridgehead atoms. The molecular weight excluding hydrogens is 291 g/mol. The summed E-state index contributed by atoms with van der Waals surface area (Å²) in [7, 11) is 0. The van der Waals surface area contributed by atoms with Crippen LogP contribution in [0.25, 0.3) is 0 Å². The number of rotatable bonds is 3. The summed E-state index contributed by atoms with van der Waals surface area (Å²) >= 11 is 5.96. The van der Waals surface area contributed by atoms with Crippen LogP contribution in [0.4, 0.5) is 4.39 Å². The van der Waals surface area contributed by atoms with Crippen LogP contribution in [0.3, 0.4) is 0 Å². The number of ether oxygens (including phenoxy) is 1. The number of hydrogen-bond donors (Lipinski definition) is 1. The average Bonchev–Trinajstić information content (AvgIpc) is 2.46. The number of benzene rings is 2. The Labute approximate surface area is 128 Å². The molecule has 0 unspecified atom stereocenters. The molecule has 0 aromatic heterocycles. The highest BCUT2D eigenvalue weighted by Gasteiger charge is 2.08. The van der Waals surface area contributed by atoms with E-state index >= 15 is 0 Å². The van der Waals surface area contributed by atoms with Crippen molar-refractivity contribution in [1.29, 1.82) is 0 Å². The summed E-state index contributed by atoms with van der Waals surface area (Å²) in [4.78, 5) is 0. The Hall–Kier alpha value is -2.02. The van der Waals surface area contributed by atoms with Crippen LogP contribution in [0, 0.1) is 24.6 Å². The number of aryl methyl sites for hydroxylation is 1. The normalized spacial score (nSPS) is 9.90. The number of aliphatic hydroxyl groups is 1. The Balaban J connectivity index is 2.14. The van der Waals surface area contributed by atoms with E-state index in [-0.39, 0.29) is 19.0 Å². The lowest BCUT2D eigenvalue weighted by molar-refractivity contribution is 0.298. The van der Waals surface area contributed by atoms with Crippen molar-refractivity contribution < 1.29 is 14.2 Å². The molecule has 2 rings (SSSR count). The first kappa shape index (κ1) is 15.4. The van der Waals surface area contributed by atoms with Crippen LogP contribution >= 0.6 is 11.6 Å². The van der Waals surface area contributed by atoms with Gasteiger partial charge in [0.25, 0.3) is 0 Å². The summed E-state index contributed by atoms with van der Waals surface area (Å²) < 4.78 is 19.3. The van der Waals surface area contributed by atoms with Gasteiger partial charge in [-0.05, 0) is 42.8 Å². The van der Waals surface area contributed by atoms with Gasteiger partial charge < -0.3 is 9.84 Å². The van der Waals surface area contributed by atoms with Gasteiger partial charge in [0.2, 0.25) is 0 Å². The lowest BCUT2D eigenvalue weighted by Crippen LogP contribution is -2.00. The molecule has 0 amide bonds. The summed E-state index contributed by atoms with van der Waals surface area (Å²) in [6.07, 6.45) is 0. The van der Waals surface area contributed by atoms with Gasteiger partial charge in [-0.2, -0.15) is 0 Å². The predicted octanol–water partition coefficient (Wildman–Crippen LogP) is 3.71. The maximum Gasteiger partial charge on any atom is 0.131 e. The molecule has 0 atom stereocenters. The van der Waals surface area contributed by atoms with E-state index in [1.165, 1.54) is 6.07 Å². The number of aliphatic hydroxyl groups excluding tert-OH is 1. The average molecular weight is 305 g/mol. The quantitative estimate of drug-likeness (QED) is 0.876. The Morgan fingerprint density at radius 2 is 2.10 bits per heavy atom. The van der Waals surface area contributed by atoms with Crippen molar-refractivity contribution >= 4 is 11.6 Å². The van der Waals surface area contributed by atoms with Gasteiger partial charge in [0.1, 0.15) is 24.8 Å². The molecule has 2 nitrogen and oxygen atoms in total. The lowest BCUT2D eigenvalue weighted by atomic mass is 10.1. The topological polar surface area (TPSA) is 29.5 Å². The molecule has 0 aliphatic carbocycles. The smallest absolute Gasteiger partial charge is 0.131 e. The molecule has 0 spiro atoms. The van der Waals surface area contributed by atoms with Crippen LogP contribution in [-0.4, -0.2) is 11.7 Å². The second-order valence-electron chi connectivity index (χ2n) is 4.43. The first-order valence-corrected chi connectivity index (χ1v) is 6.75. The van der Waals surface area contributed by atoms with Crippen LogP contribution in [0.1, 0.15) is 16.7 Å². The third kappa shape index (κ3) is 3.98. The van der Waals surface area contributed by atoms with E-state index in [0.29, 0.717) is 16.3 Å². The van der Waals surface area contributed by atoms with Crippen molar-refractivity contribution in [3.63, 3.8) is 0 Å². The van der Waals surface area contributed by atoms with Crippen molar-refractivity contribution in [3.05, 3.63) is 63.9 Å². The molecule has 108 valence electrons. The summed E-state index contributed by atoms with van der Waals surface area (Å²) in [6, 6.07) is 9.94. The van der Waals surface area contributed by atoms with Crippen molar-refractivity contribution in [2.75, 3.05) is 6.61 Å². The van der Waals surface area contributed by atoms with Crippen molar-refractivity contribution in [2.24, 2.45) is 0 Å². The number of halogens is 2. The highest BCUT2D eigenvalue weighted by atomic mass is 35.5. The third-order valence-corrected chi connectivity index (χ3v) is 3.27. The van der Waals surface area contributed by atoms with Crippen molar-refractivity contribution in [2.45, 2.75) is 13.5 Å². The molecule has 0 radical (unpaired) electrons. The van der Waals surface area contributed by atoms with Crippen molar-refractivity contribution in [3.8, 4) is 17.6 Å². The number of hydrogen-bond acceptors (Lipinski definition) is 2. The van der Waals surface area contributed by atoms with Gasteiger partial charge in [-0.15, -0.1) is 0 Å². The van der Waals surface area contributed by atoms with Gasteiger partial charge in [0.05, 0.1) is 5.02 Å². The van der Waals surface area contributed by atoms with E-state index in [2.05, 4.69) is 11.8 Å². The molecule has 4 heteroatoms. The second-order valence-corrected chi connectivity index (χ2v) is 4.84. The van der Waals surface area contributed by atoms with Crippen LogP contribution < -0.4 is 4.74 Å². The monoisotopic (exact) mass is 304 g/mol. The van der Waals surface area contributed by atoms with E-state index < -0.39 is 0 Å². The zero-order valence-electron chi connectivity index (χ0n) is 11.5. The van der Waals surface area contributed by atoms with E-state index in [1.54, 1.807) is 24.3 Å². The largest absolute Gasteiger partial charge is 0.488 e. The summed E-state index contributed by atoms with van der Waals surface area (Å²) in [5.41, 5.74) is 2.01. The SMILES string of the molecule is Cc1cc(C#CCO)ccc1OCc1c(F)cccc1Cl. The van der Waals surface area contributed by atoms with E-state index in [9.17, 15) is 4.39 Å². The molecule has 0 saturated carbocycles. The Morgan fingerprint density at radius 3 is 2.76 bits per heavy atom. The van der Waals surface area contributed by atoms with Gasteiger partial charge in [0.15, 0.2) is 0 Å². The predicted molar refractivity (Wildman–Crippen MR) is 80.9 cm³/mol. The molecule has 0 heterocycles. The van der Waals surface area contributed by atoms with Crippen LogP contribution in [-0.2, 0) is 6.61 Å². The lowest BCUT2D eigenvalue weighted by Gasteiger charge is -2.11. The minimum absolute atomic E-state index is 0.0635. The molecule has 2 aromatic carbocycles. The Kier molecular flexibility index (Phi) is 5.21. The van der Waals surface area contributed by atoms with Crippen molar-refractivity contribution in [1.82, 2.24) is 0 Å². The van der Waals surface area contributed by atoms with Gasteiger partial charge in [-0.3, -0.25) is 0 Å². The van der Waals surface area contributed by atoms with Gasteiger partial charge in [-0.1, -0.05) is 29.5 Å². The molecule has 0 saturated heterocycles. The molecule has 2 aromatic rings. The summed E-state index contributed by atoms with van der Waals surface area (Å²) in [5.74, 6) is 5.66. The standard InChI is InChI=1S/C17H14ClFO2/c1-12-10-13(4-3-9-20)7-8-17(12)21-11-14-15(18)5-2-6-16(14)19/h2,5-8,10,20H,9,11H2,1H3.